The molecule has 1 amide bonds. The second-order valence-corrected chi connectivity index (χ2v) is 3.78. The van der Waals surface area contributed by atoms with Gasteiger partial charge in [0.2, 0.25) is 5.91 Å². The average molecular weight is 215 g/mol. The minimum absolute atomic E-state index is 0.115. The third-order valence-corrected chi connectivity index (χ3v) is 2.74. The van der Waals surface area contributed by atoms with E-state index in [1.165, 1.54) is 0 Å². The van der Waals surface area contributed by atoms with Gasteiger partial charge in [-0.2, -0.15) is 0 Å². The lowest BCUT2D eigenvalue weighted by Gasteiger charge is -2.17. The first-order valence-corrected chi connectivity index (χ1v) is 5.21. The Bertz CT molecular complexity index is 254. The summed E-state index contributed by atoms with van der Waals surface area (Å²) in [5, 5.41) is 11.3. The van der Waals surface area contributed by atoms with Crippen LogP contribution >= 0.6 is 0 Å². The van der Waals surface area contributed by atoms with Gasteiger partial charge in [0.1, 0.15) is 6.04 Å². The Morgan fingerprint density at radius 3 is 2.67 bits per heavy atom. The maximum Gasteiger partial charge on any atom is 0.326 e. The quantitative estimate of drug-likeness (QED) is 0.711. The van der Waals surface area contributed by atoms with E-state index in [4.69, 9.17) is 9.84 Å². The van der Waals surface area contributed by atoms with Crippen LogP contribution in [0, 0.1) is 5.92 Å². The van der Waals surface area contributed by atoms with Crippen molar-refractivity contribution in [1.82, 2.24) is 5.32 Å². The van der Waals surface area contributed by atoms with Gasteiger partial charge < -0.3 is 15.2 Å². The van der Waals surface area contributed by atoms with Crippen LogP contribution in [0.5, 0.6) is 0 Å². The smallest absolute Gasteiger partial charge is 0.326 e. The summed E-state index contributed by atoms with van der Waals surface area (Å²) >= 11 is 0. The number of carboxylic acid groups (broad SMARTS) is 1. The molecule has 0 spiro atoms. The van der Waals surface area contributed by atoms with Crippen molar-refractivity contribution in [1.29, 1.82) is 0 Å². The minimum atomic E-state index is -0.989. The van der Waals surface area contributed by atoms with Crippen molar-refractivity contribution in [2.75, 3.05) is 6.61 Å². The summed E-state index contributed by atoms with van der Waals surface area (Å²) < 4.78 is 5.25. The molecular formula is C10H17NO4. The standard InChI is InChI=1S/C10H17NO4/c1-3-8(10(13)14)11-9(12)7-4-5-15-6(7)2/h6-8H,3-5H2,1-2H3,(H,11,12)(H,13,14)/t6?,7?,8-/m0/s1. The average Bonchev–Trinajstić information content (AvgIpc) is 2.60. The number of ether oxygens (including phenoxy) is 1. The zero-order valence-electron chi connectivity index (χ0n) is 9.03. The number of carbonyl (C=O) groups is 2. The van der Waals surface area contributed by atoms with E-state index in [-0.39, 0.29) is 17.9 Å². The maximum atomic E-state index is 11.7. The Labute approximate surface area is 88.8 Å². The Balaban J connectivity index is 2.50. The Morgan fingerprint density at radius 1 is 1.60 bits per heavy atom. The highest BCUT2D eigenvalue weighted by molar-refractivity contribution is 5.85. The van der Waals surface area contributed by atoms with E-state index in [0.29, 0.717) is 19.4 Å². The van der Waals surface area contributed by atoms with Crippen molar-refractivity contribution in [3.05, 3.63) is 0 Å². The second-order valence-electron chi connectivity index (χ2n) is 3.78. The molecule has 0 aromatic heterocycles. The molecule has 5 heteroatoms. The molecule has 86 valence electrons. The van der Waals surface area contributed by atoms with Crippen LogP contribution in [0.15, 0.2) is 0 Å². The van der Waals surface area contributed by atoms with Crippen LogP contribution in [0.1, 0.15) is 26.7 Å². The molecule has 2 unspecified atom stereocenters. The predicted octanol–water partition coefficient (Wildman–Crippen LogP) is 0.391. The highest BCUT2D eigenvalue weighted by Crippen LogP contribution is 2.20. The molecule has 0 bridgehead atoms. The van der Waals surface area contributed by atoms with Gasteiger partial charge in [-0.15, -0.1) is 0 Å². The van der Waals surface area contributed by atoms with E-state index < -0.39 is 12.0 Å². The van der Waals surface area contributed by atoms with E-state index in [0.717, 1.165) is 0 Å². The first kappa shape index (κ1) is 12.0. The summed E-state index contributed by atoms with van der Waals surface area (Å²) in [7, 11) is 0. The van der Waals surface area contributed by atoms with Gasteiger partial charge in [0, 0.05) is 6.61 Å². The predicted molar refractivity (Wildman–Crippen MR) is 53.4 cm³/mol. The molecule has 15 heavy (non-hydrogen) atoms. The van der Waals surface area contributed by atoms with Crippen LogP contribution in [-0.4, -0.2) is 35.7 Å². The number of amides is 1. The molecule has 0 aliphatic carbocycles. The van der Waals surface area contributed by atoms with Crippen LogP contribution in [0.2, 0.25) is 0 Å². The SMILES string of the molecule is CC[C@H](NC(=O)C1CCOC1C)C(=O)O. The van der Waals surface area contributed by atoms with Crippen molar-refractivity contribution in [3.63, 3.8) is 0 Å². The highest BCUT2D eigenvalue weighted by Gasteiger charge is 2.32. The fourth-order valence-corrected chi connectivity index (χ4v) is 1.69. The van der Waals surface area contributed by atoms with Crippen LogP contribution in [-0.2, 0) is 14.3 Å². The number of hydrogen-bond acceptors (Lipinski definition) is 3. The molecule has 1 aliphatic heterocycles. The number of carboxylic acids is 1. The molecule has 2 N–H and O–H groups in total. The molecule has 1 saturated heterocycles. The van der Waals surface area contributed by atoms with Gasteiger partial charge in [-0.25, -0.2) is 4.79 Å². The van der Waals surface area contributed by atoms with Crippen LogP contribution in [0.4, 0.5) is 0 Å². The third kappa shape index (κ3) is 2.92. The molecule has 0 aromatic carbocycles. The molecule has 0 saturated carbocycles. The summed E-state index contributed by atoms with van der Waals surface area (Å²) in [6.07, 6.45) is 0.947. The van der Waals surface area contributed by atoms with E-state index >= 15 is 0 Å². The van der Waals surface area contributed by atoms with Crippen LogP contribution < -0.4 is 5.32 Å². The summed E-state index contributed by atoms with van der Waals surface area (Å²) in [4.78, 5) is 22.4. The van der Waals surface area contributed by atoms with E-state index in [1.807, 2.05) is 6.92 Å². The number of rotatable bonds is 4. The Hall–Kier alpha value is -1.10. The molecule has 1 heterocycles. The number of nitrogens with one attached hydrogen (secondary N) is 1. The van der Waals surface area contributed by atoms with Crippen LogP contribution in [0.3, 0.4) is 0 Å². The van der Waals surface area contributed by atoms with E-state index in [2.05, 4.69) is 5.32 Å². The second kappa shape index (κ2) is 5.11. The zero-order valence-corrected chi connectivity index (χ0v) is 9.03. The lowest BCUT2D eigenvalue weighted by molar-refractivity contribution is -0.142. The van der Waals surface area contributed by atoms with Gasteiger partial charge in [-0.3, -0.25) is 4.79 Å². The van der Waals surface area contributed by atoms with Crippen molar-refractivity contribution >= 4 is 11.9 Å². The minimum Gasteiger partial charge on any atom is -0.480 e. The van der Waals surface area contributed by atoms with Crippen molar-refractivity contribution in [2.45, 2.75) is 38.8 Å². The van der Waals surface area contributed by atoms with Crippen molar-refractivity contribution in [2.24, 2.45) is 5.92 Å². The van der Waals surface area contributed by atoms with Crippen LogP contribution in [0.25, 0.3) is 0 Å². The lowest BCUT2D eigenvalue weighted by Crippen LogP contribution is -2.44. The van der Waals surface area contributed by atoms with Gasteiger partial charge in [-0.1, -0.05) is 6.92 Å². The van der Waals surface area contributed by atoms with Gasteiger partial charge in [-0.05, 0) is 19.8 Å². The van der Waals surface area contributed by atoms with Gasteiger partial charge in [0.15, 0.2) is 0 Å². The molecular weight excluding hydrogens is 198 g/mol. The van der Waals surface area contributed by atoms with E-state index in [1.54, 1.807) is 6.92 Å². The fourth-order valence-electron chi connectivity index (χ4n) is 1.69. The first-order chi connectivity index (χ1) is 7.06. The van der Waals surface area contributed by atoms with Gasteiger partial charge in [0.25, 0.3) is 0 Å². The molecule has 0 aromatic rings. The largest absolute Gasteiger partial charge is 0.480 e. The van der Waals surface area contributed by atoms with Gasteiger partial charge in [0.05, 0.1) is 12.0 Å². The number of carbonyl (C=O) groups excluding carboxylic acids is 1. The zero-order chi connectivity index (χ0) is 11.4. The number of hydrogen-bond donors (Lipinski definition) is 2. The highest BCUT2D eigenvalue weighted by atomic mass is 16.5. The fraction of sp³-hybridized carbons (Fsp3) is 0.800. The molecule has 0 radical (unpaired) electrons. The van der Waals surface area contributed by atoms with Gasteiger partial charge >= 0.3 is 5.97 Å². The Morgan fingerprint density at radius 2 is 2.27 bits per heavy atom. The first-order valence-electron chi connectivity index (χ1n) is 5.21. The maximum absolute atomic E-state index is 11.7. The number of aliphatic carboxylic acids is 1. The summed E-state index contributed by atoms with van der Waals surface area (Å²) in [5.74, 6) is -1.41. The summed E-state index contributed by atoms with van der Waals surface area (Å²) in [6, 6.07) is -0.787. The topological polar surface area (TPSA) is 75.6 Å². The molecule has 5 nitrogen and oxygen atoms in total. The molecule has 1 rings (SSSR count). The third-order valence-electron chi connectivity index (χ3n) is 2.74. The molecule has 1 aliphatic rings. The normalized spacial score (nSPS) is 27.3. The summed E-state index contributed by atoms with van der Waals surface area (Å²) in [6.45, 7) is 4.13. The molecule has 1 fully saturated rings. The monoisotopic (exact) mass is 215 g/mol. The van der Waals surface area contributed by atoms with E-state index in [9.17, 15) is 9.59 Å². The van der Waals surface area contributed by atoms with Crippen molar-refractivity contribution < 1.29 is 19.4 Å². The molecule has 3 atom stereocenters. The Kier molecular flexibility index (Phi) is 4.08. The lowest BCUT2D eigenvalue weighted by atomic mass is 10.0. The van der Waals surface area contributed by atoms with Crippen molar-refractivity contribution in [3.8, 4) is 0 Å². The summed E-state index contributed by atoms with van der Waals surface area (Å²) in [5.41, 5.74) is 0.